The molecule has 20 rings (SSSR count). The number of aromatic nitrogens is 18. The number of anilines is 8. The van der Waals surface area contributed by atoms with Crippen molar-refractivity contribution in [3.8, 4) is 85.3 Å². The van der Waals surface area contributed by atoms with Crippen molar-refractivity contribution in [2.75, 3.05) is 125 Å². The topological polar surface area (TPSA) is 486 Å². The number of nitrogens with zero attached hydrogens (tertiary/aromatic N) is 15. The van der Waals surface area contributed by atoms with Crippen LogP contribution in [-0.2, 0) is 14.2 Å². The Bertz CT molecular complexity index is 7330. The summed E-state index contributed by atoms with van der Waals surface area (Å²) in [6.45, 7) is 10.9. The number of hydrogen-bond acceptors (Lipinski definition) is 31. The van der Waals surface area contributed by atoms with Gasteiger partial charge in [0.15, 0.2) is 0 Å². The van der Waals surface area contributed by atoms with Gasteiger partial charge in [-0.15, -0.1) is 0 Å². The summed E-state index contributed by atoms with van der Waals surface area (Å²) in [6, 6.07) is 35.9. The number of amides is 4. The van der Waals surface area contributed by atoms with E-state index in [-0.39, 0.29) is 53.8 Å². The van der Waals surface area contributed by atoms with E-state index >= 15 is 0 Å². The summed E-state index contributed by atoms with van der Waals surface area (Å²) in [5.41, 5.74) is 16.7. The molecule has 3 saturated heterocycles. The molecular formula is C96H95FN26O14. The molecule has 17 aromatic rings. The number of rotatable bonds is 27. The number of nitrogens with one attached hydrogen (secondary N) is 11. The fourth-order valence-electron chi connectivity index (χ4n) is 15.2. The molecule has 700 valence electrons. The number of benzene rings is 5. The van der Waals surface area contributed by atoms with Gasteiger partial charge in [0.1, 0.15) is 45.7 Å². The number of aryl methyl sites for hydroxylation is 2. The summed E-state index contributed by atoms with van der Waals surface area (Å²) in [5.74, 6) is 4.08. The lowest BCUT2D eigenvalue weighted by atomic mass is 10.1. The molecular weight excluding hydrogens is 1760 g/mol. The Morgan fingerprint density at radius 1 is 0.431 bits per heavy atom. The average Bonchev–Trinajstić information content (AvgIpc) is 1.65. The summed E-state index contributed by atoms with van der Waals surface area (Å²) >= 11 is 0. The number of methoxy groups -OCH3 is 6. The van der Waals surface area contributed by atoms with Gasteiger partial charge in [0.05, 0.1) is 169 Å². The number of halogens is 1. The number of carbonyl (C=O) groups excluding carboxylic acids is 4. The number of carbonyl (C=O) groups is 4. The molecule has 3 aliphatic rings. The monoisotopic (exact) mass is 1850 g/mol. The number of aromatic amines is 5. The Labute approximate surface area is 781 Å². The molecule has 40 nitrogen and oxygen atoms in total. The van der Waals surface area contributed by atoms with Gasteiger partial charge in [-0.25, -0.2) is 9.97 Å². The maximum atomic E-state index is 13.7. The number of hydrogen-bond donors (Lipinski definition) is 11. The molecule has 12 aromatic heterocycles. The van der Waals surface area contributed by atoms with Crippen LogP contribution >= 0.6 is 0 Å². The lowest BCUT2D eigenvalue weighted by Crippen LogP contribution is -2.49. The molecule has 0 atom stereocenters. The van der Waals surface area contributed by atoms with E-state index in [0.717, 1.165) is 77.6 Å². The van der Waals surface area contributed by atoms with Crippen LogP contribution < -0.4 is 65.1 Å². The standard InChI is InChI=1S/C26H25N7O4.C24H25FN6O3.C24H24N6O3.C22H21N7O4/c1-13-28-18-6-4-14(8-20(18)29-13)17-10-27-23-22(17)25(36-3)33-26(32-23)31-19-7-5-15(9-21(19)35-2)24(34)30-16-11-37-12-16;1-13(2)34-22-20-16(14-8-9-26-19(25)11-14)12-27-21(20)29-24(30-22)28-17-7-6-15(10-18(17)33-5)23(32)31(3)4;1-14-10-16(23(31)30(2)17-12-33-13-17)4-5-19(14)27-24-28-21-20(22(29-24)32-3)18(11-26-21)15-6-8-25-9-7-15;1-31-17-7-12(20(30)26-14-10-33-11-14)3-4-16(17)27-22-28-19-18(21(29-22)32-2)15(9-23-19)13-5-6-24-25-8-13/h4-10,16H,11-12H2,1-3H3,(H,28,29)(H,30,34)(H2,27,31,32,33);6-13H,1-5H3,(H2,27,28,29,30);4-11,17H,12-13H2,1-3H3,(H2,26,27,28,29);3-9,14H,10-11H2,1-2H3,(H,26,30)(H2,23,27,28,29). The molecule has 5 aromatic carbocycles. The molecule has 0 saturated carbocycles. The van der Waals surface area contributed by atoms with Gasteiger partial charge in [-0.3, -0.25) is 24.2 Å². The number of likely N-dealkylation sites (N-methyl/N-ethyl adjacent to an activating group) is 1. The zero-order valence-electron chi connectivity index (χ0n) is 76.6. The van der Waals surface area contributed by atoms with Crippen LogP contribution in [0.5, 0.6) is 40.8 Å². The molecule has 137 heavy (non-hydrogen) atoms. The quantitative estimate of drug-likeness (QED) is 0.0213. The van der Waals surface area contributed by atoms with E-state index in [1.54, 1.807) is 145 Å². The number of H-pyrrole nitrogens is 5. The lowest BCUT2D eigenvalue weighted by Gasteiger charge is -2.34. The van der Waals surface area contributed by atoms with Crippen LogP contribution in [0, 0.1) is 19.8 Å². The third-order valence-electron chi connectivity index (χ3n) is 22.4. The van der Waals surface area contributed by atoms with Crippen molar-refractivity contribution in [2.24, 2.45) is 0 Å². The van der Waals surface area contributed by atoms with E-state index in [0.29, 0.717) is 177 Å². The highest BCUT2D eigenvalue weighted by molar-refractivity contribution is 6.04. The first kappa shape index (κ1) is 91.8. The van der Waals surface area contributed by atoms with Gasteiger partial charge >= 0.3 is 0 Å². The molecule has 3 fully saturated rings. The average molecular weight is 1860 g/mol. The molecule has 15 heterocycles. The van der Waals surface area contributed by atoms with Gasteiger partial charge in [0.25, 0.3) is 23.6 Å². The second kappa shape index (κ2) is 40.6. The highest BCUT2D eigenvalue weighted by Crippen LogP contribution is 2.42. The van der Waals surface area contributed by atoms with E-state index in [9.17, 15) is 23.6 Å². The van der Waals surface area contributed by atoms with Crippen molar-refractivity contribution < 1.29 is 70.9 Å². The van der Waals surface area contributed by atoms with Gasteiger partial charge in [0.2, 0.25) is 53.3 Å². The molecule has 11 N–H and O–H groups in total. The third-order valence-corrected chi connectivity index (χ3v) is 22.4. The van der Waals surface area contributed by atoms with E-state index in [2.05, 4.69) is 122 Å². The van der Waals surface area contributed by atoms with Crippen molar-refractivity contribution in [3.05, 3.63) is 217 Å². The van der Waals surface area contributed by atoms with Gasteiger partial charge in [-0.05, 0) is 159 Å². The summed E-state index contributed by atoms with van der Waals surface area (Å²) < 4.78 is 68.4. The maximum absolute atomic E-state index is 13.7. The van der Waals surface area contributed by atoms with Crippen LogP contribution in [0.2, 0.25) is 0 Å². The van der Waals surface area contributed by atoms with Crippen molar-refractivity contribution in [1.82, 2.24) is 110 Å². The van der Waals surface area contributed by atoms with Crippen molar-refractivity contribution in [2.45, 2.75) is 51.9 Å². The first-order valence-electron chi connectivity index (χ1n) is 43.2. The minimum atomic E-state index is -0.583. The minimum absolute atomic E-state index is 0.0210. The van der Waals surface area contributed by atoms with E-state index in [1.165, 1.54) is 31.4 Å². The van der Waals surface area contributed by atoms with Crippen LogP contribution in [0.4, 0.5) is 50.9 Å². The highest BCUT2D eigenvalue weighted by Gasteiger charge is 2.31. The normalized spacial score (nSPS) is 12.9. The molecule has 0 bridgehead atoms. The molecule has 0 spiro atoms. The number of fused-ring (bicyclic) bond motifs is 5. The molecule has 0 aliphatic carbocycles. The first-order chi connectivity index (χ1) is 66.5. The van der Waals surface area contributed by atoms with Crippen molar-refractivity contribution >= 4 is 125 Å². The summed E-state index contributed by atoms with van der Waals surface area (Å²) in [4.78, 5) is 118. The van der Waals surface area contributed by atoms with Crippen LogP contribution in [0.25, 0.3) is 99.7 Å². The van der Waals surface area contributed by atoms with Crippen molar-refractivity contribution in [1.29, 1.82) is 0 Å². The Kier molecular flexibility index (Phi) is 27.2. The van der Waals surface area contributed by atoms with Gasteiger partial charge in [-0.1, -0.05) is 6.07 Å². The summed E-state index contributed by atoms with van der Waals surface area (Å²) in [7, 11) is 14.5. The third kappa shape index (κ3) is 20.2. The zero-order valence-corrected chi connectivity index (χ0v) is 76.6. The molecule has 0 unspecified atom stereocenters. The van der Waals surface area contributed by atoms with Gasteiger partial charge < -0.3 is 114 Å². The fraction of sp³-hybridized carbons (Fsp3) is 0.240. The highest BCUT2D eigenvalue weighted by atomic mass is 19.1. The largest absolute Gasteiger partial charge is 0.495 e. The van der Waals surface area contributed by atoms with Crippen LogP contribution in [0.1, 0.15) is 66.7 Å². The number of ether oxygens (including phenoxy) is 10. The Morgan fingerprint density at radius 2 is 0.854 bits per heavy atom. The molecule has 0 radical (unpaired) electrons. The van der Waals surface area contributed by atoms with Crippen LogP contribution in [0.15, 0.2) is 177 Å². The number of imidazole rings is 1. The van der Waals surface area contributed by atoms with Gasteiger partial charge in [-0.2, -0.15) is 54.5 Å². The Hall–Kier alpha value is -17.1. The summed E-state index contributed by atoms with van der Waals surface area (Å²) in [6.07, 6.45) is 15.3. The summed E-state index contributed by atoms with van der Waals surface area (Å²) in [5, 5.41) is 29.2. The minimum Gasteiger partial charge on any atom is -0.495 e. The second-order valence-electron chi connectivity index (χ2n) is 32.2. The number of pyridine rings is 2. The smallest absolute Gasteiger partial charge is 0.254 e. The Balaban J connectivity index is 0.000000127. The van der Waals surface area contributed by atoms with Crippen LogP contribution in [-0.4, -0.2) is 251 Å². The van der Waals surface area contributed by atoms with Crippen molar-refractivity contribution in [3.63, 3.8) is 0 Å². The molecule has 3 aliphatic heterocycles. The lowest BCUT2D eigenvalue weighted by molar-refractivity contribution is -0.0467. The van der Waals surface area contributed by atoms with E-state index in [4.69, 9.17) is 47.4 Å². The predicted molar refractivity (Wildman–Crippen MR) is 510 cm³/mol. The van der Waals surface area contributed by atoms with Crippen LogP contribution in [0.3, 0.4) is 0 Å². The first-order valence-corrected chi connectivity index (χ1v) is 43.2. The molecule has 41 heteroatoms. The SMILES string of the molecule is COc1cc(C(=O)N(C)C)ccc1Nc1nc(OC(C)C)c2c(-c3ccnc(F)c3)c[nH]c2n1.COc1cc(C(=O)NC2COC2)ccc1Nc1nc(OC)c2c(-c3ccc4nc(C)[nH]c4c3)c[nH]c2n1.COc1cc(C(=O)NC2COC2)ccc1Nc1nc(OC)c2c(-c3ccnnc3)c[nH]c2n1.COc1nc(Nc2ccc(C(=O)N(C)C3COC3)cc2C)nc2[nH]cc(-c3ccncc3)c12. The predicted octanol–water partition coefficient (Wildman–Crippen LogP) is 14.0. The van der Waals surface area contributed by atoms with Gasteiger partial charge in [0, 0.05) is 126 Å². The fourth-order valence-corrected chi connectivity index (χ4v) is 15.2. The Morgan fingerprint density at radius 3 is 1.28 bits per heavy atom. The zero-order chi connectivity index (χ0) is 95.7. The maximum Gasteiger partial charge on any atom is 0.254 e. The van der Waals surface area contributed by atoms with E-state index < -0.39 is 5.95 Å². The molecule has 4 amide bonds. The van der Waals surface area contributed by atoms with E-state index in [1.807, 2.05) is 102 Å². The second-order valence-corrected chi connectivity index (χ2v) is 32.2.